The minimum absolute atomic E-state index is 0.335. The van der Waals surface area contributed by atoms with Crippen LogP contribution in [-0.2, 0) is 18.9 Å². The van der Waals surface area contributed by atoms with Crippen molar-refractivity contribution in [2.75, 3.05) is 21.3 Å². The molecule has 39 heavy (non-hydrogen) atoms. The van der Waals surface area contributed by atoms with Crippen LogP contribution in [0, 0.1) is 6.92 Å². The van der Waals surface area contributed by atoms with Gasteiger partial charge in [0.2, 0.25) is 0 Å². The Morgan fingerprint density at radius 2 is 1.56 bits per heavy atom. The predicted molar refractivity (Wildman–Crippen MR) is 147 cm³/mol. The highest BCUT2D eigenvalue weighted by Crippen LogP contribution is 2.46. The van der Waals surface area contributed by atoms with E-state index in [9.17, 15) is 9.59 Å². The van der Waals surface area contributed by atoms with Crippen molar-refractivity contribution in [2.45, 2.75) is 84.7 Å². The number of ether oxygens (including phenoxy) is 5. The predicted octanol–water partition coefficient (Wildman–Crippen LogP) is 5.48. The maximum absolute atomic E-state index is 13.9. The van der Waals surface area contributed by atoms with Gasteiger partial charge in [0, 0.05) is 42.0 Å². The normalized spacial score (nSPS) is 16.8. The number of methoxy groups -OCH3 is 3. The SMILES string of the molecule is COc1cccc(C(=O)NN(C(=O)c2ccc(C3OC(C)(C)C(C)(C)O3)c(C(OC)OC)c2)C(C)(C)C)c1C. The highest BCUT2D eigenvalue weighted by atomic mass is 16.7. The number of amides is 2. The zero-order chi connectivity index (χ0) is 29.3. The molecule has 1 saturated heterocycles. The van der Waals surface area contributed by atoms with Crippen molar-refractivity contribution < 1.29 is 33.3 Å². The third kappa shape index (κ3) is 6.11. The average molecular weight is 543 g/mol. The maximum Gasteiger partial charge on any atom is 0.272 e. The average Bonchev–Trinajstić information content (AvgIpc) is 3.08. The number of carbonyl (C=O) groups excluding carboxylic acids is 2. The Morgan fingerprint density at radius 3 is 2.08 bits per heavy atom. The van der Waals surface area contributed by atoms with Crippen molar-refractivity contribution in [1.29, 1.82) is 0 Å². The quantitative estimate of drug-likeness (QED) is 0.365. The zero-order valence-electron chi connectivity index (χ0n) is 24.9. The van der Waals surface area contributed by atoms with Gasteiger partial charge in [-0.15, -0.1) is 0 Å². The van der Waals surface area contributed by atoms with Gasteiger partial charge in [-0.2, -0.15) is 0 Å². The number of nitrogens with zero attached hydrogens (tertiary/aromatic N) is 1. The van der Waals surface area contributed by atoms with Crippen LogP contribution in [0.25, 0.3) is 0 Å². The summed E-state index contributed by atoms with van der Waals surface area (Å²) < 4.78 is 29.0. The molecule has 3 rings (SSSR count). The molecule has 1 N–H and O–H groups in total. The fourth-order valence-electron chi connectivity index (χ4n) is 4.34. The third-order valence-corrected chi connectivity index (χ3v) is 7.36. The van der Waals surface area contributed by atoms with Crippen molar-refractivity contribution in [3.8, 4) is 5.75 Å². The number of hydrogen-bond acceptors (Lipinski definition) is 7. The summed E-state index contributed by atoms with van der Waals surface area (Å²) in [4.78, 5) is 27.2. The molecule has 1 fully saturated rings. The number of hydrazine groups is 1. The standard InChI is InChI=1S/C30H42N2O7/c1-18-20(13-12-14-23(18)35-9)24(33)31-32(28(2,3)4)25(34)19-15-16-21(22(17-19)26(36-10)37-11)27-38-29(5,6)30(7,8)39-27/h12-17,26-27H,1-11H3,(H,31,33). The van der Waals surface area contributed by atoms with E-state index in [1.807, 2.05) is 48.5 Å². The molecule has 0 saturated carbocycles. The van der Waals surface area contributed by atoms with Gasteiger partial charge in [0.25, 0.3) is 11.8 Å². The van der Waals surface area contributed by atoms with E-state index in [0.717, 1.165) is 0 Å². The van der Waals surface area contributed by atoms with E-state index in [-0.39, 0.29) is 0 Å². The molecule has 9 nitrogen and oxygen atoms in total. The fourth-order valence-corrected chi connectivity index (χ4v) is 4.34. The van der Waals surface area contributed by atoms with Crippen LogP contribution in [0.4, 0.5) is 0 Å². The summed E-state index contributed by atoms with van der Waals surface area (Å²) in [6.45, 7) is 15.2. The Labute approximate surface area is 231 Å². The second kappa shape index (κ2) is 11.3. The molecule has 0 unspecified atom stereocenters. The molecule has 214 valence electrons. The van der Waals surface area contributed by atoms with E-state index < -0.39 is 41.1 Å². The fraction of sp³-hybridized carbons (Fsp3) is 0.533. The van der Waals surface area contributed by atoms with Gasteiger partial charge >= 0.3 is 0 Å². The largest absolute Gasteiger partial charge is 0.496 e. The molecular weight excluding hydrogens is 500 g/mol. The summed E-state index contributed by atoms with van der Waals surface area (Å²) in [6, 6.07) is 10.4. The van der Waals surface area contributed by atoms with Crippen LogP contribution in [0.5, 0.6) is 5.75 Å². The number of benzene rings is 2. The highest BCUT2D eigenvalue weighted by Gasteiger charge is 2.50. The molecule has 0 aliphatic carbocycles. The monoisotopic (exact) mass is 542 g/mol. The molecule has 0 atom stereocenters. The molecule has 2 aromatic rings. The van der Waals surface area contributed by atoms with Crippen molar-refractivity contribution >= 4 is 11.8 Å². The lowest BCUT2D eigenvalue weighted by Gasteiger charge is -2.36. The Balaban J connectivity index is 2.01. The molecular formula is C30H42N2O7. The lowest BCUT2D eigenvalue weighted by molar-refractivity contribution is -0.117. The van der Waals surface area contributed by atoms with Gasteiger partial charge in [-0.1, -0.05) is 12.1 Å². The first-order chi connectivity index (χ1) is 18.1. The molecule has 2 aromatic carbocycles. The summed E-state index contributed by atoms with van der Waals surface area (Å²) >= 11 is 0. The molecule has 0 aromatic heterocycles. The van der Waals surface area contributed by atoms with Crippen LogP contribution in [-0.4, -0.2) is 54.9 Å². The molecule has 9 heteroatoms. The van der Waals surface area contributed by atoms with E-state index in [4.69, 9.17) is 23.7 Å². The molecule has 1 heterocycles. The lowest BCUT2D eigenvalue weighted by Crippen LogP contribution is -2.56. The van der Waals surface area contributed by atoms with Gasteiger partial charge in [-0.05, 0) is 79.7 Å². The summed E-state index contributed by atoms with van der Waals surface area (Å²) in [5, 5.41) is 1.33. The molecule has 2 amide bonds. The van der Waals surface area contributed by atoms with Gasteiger partial charge < -0.3 is 23.7 Å². The van der Waals surface area contributed by atoms with Crippen molar-refractivity contribution in [3.63, 3.8) is 0 Å². The maximum atomic E-state index is 13.9. The number of rotatable bonds is 7. The van der Waals surface area contributed by atoms with Crippen LogP contribution >= 0.6 is 0 Å². The molecule has 0 bridgehead atoms. The number of nitrogens with one attached hydrogen (secondary N) is 1. The van der Waals surface area contributed by atoms with Gasteiger partial charge in [-0.3, -0.25) is 15.0 Å². The topological polar surface area (TPSA) is 95.6 Å². The Morgan fingerprint density at radius 1 is 0.974 bits per heavy atom. The Hall–Kier alpha value is -2.98. The summed E-state index contributed by atoms with van der Waals surface area (Å²) in [5.41, 5.74) is 3.67. The number of hydrogen-bond donors (Lipinski definition) is 1. The molecule has 0 spiro atoms. The van der Waals surface area contributed by atoms with Crippen LogP contribution in [0.15, 0.2) is 36.4 Å². The highest BCUT2D eigenvalue weighted by molar-refractivity contribution is 6.00. The van der Waals surface area contributed by atoms with E-state index in [1.165, 1.54) is 19.2 Å². The van der Waals surface area contributed by atoms with E-state index in [2.05, 4.69) is 5.43 Å². The van der Waals surface area contributed by atoms with Crippen molar-refractivity contribution in [1.82, 2.24) is 10.4 Å². The Bertz CT molecular complexity index is 1200. The van der Waals surface area contributed by atoms with Crippen LogP contribution in [0.2, 0.25) is 0 Å². The van der Waals surface area contributed by atoms with E-state index >= 15 is 0 Å². The first-order valence-electron chi connectivity index (χ1n) is 12.9. The molecule has 1 aliphatic rings. The first kappa shape index (κ1) is 30.6. The van der Waals surface area contributed by atoms with Crippen molar-refractivity contribution in [2.24, 2.45) is 0 Å². The first-order valence-corrected chi connectivity index (χ1v) is 12.9. The van der Waals surface area contributed by atoms with Gasteiger partial charge in [-0.25, -0.2) is 5.01 Å². The van der Waals surface area contributed by atoms with Crippen LogP contribution in [0.1, 0.15) is 98.5 Å². The summed E-state index contributed by atoms with van der Waals surface area (Å²) in [5.74, 6) is -0.233. The van der Waals surface area contributed by atoms with Gasteiger partial charge in [0.15, 0.2) is 12.6 Å². The van der Waals surface area contributed by atoms with Crippen LogP contribution in [0.3, 0.4) is 0 Å². The van der Waals surface area contributed by atoms with Crippen molar-refractivity contribution in [3.05, 3.63) is 64.2 Å². The smallest absolute Gasteiger partial charge is 0.272 e. The second-order valence-corrected chi connectivity index (χ2v) is 11.6. The number of carbonyl (C=O) groups is 2. The minimum atomic E-state index is -0.774. The summed E-state index contributed by atoms with van der Waals surface area (Å²) in [6.07, 6.45) is -1.46. The summed E-state index contributed by atoms with van der Waals surface area (Å²) in [7, 11) is 4.59. The molecule has 1 aliphatic heterocycles. The van der Waals surface area contributed by atoms with Crippen LogP contribution < -0.4 is 10.2 Å². The zero-order valence-corrected chi connectivity index (χ0v) is 24.9. The molecule has 0 radical (unpaired) electrons. The Kier molecular flexibility index (Phi) is 8.82. The van der Waals surface area contributed by atoms with E-state index in [0.29, 0.717) is 33.6 Å². The van der Waals surface area contributed by atoms with Gasteiger partial charge in [0.05, 0.1) is 23.9 Å². The lowest BCUT2D eigenvalue weighted by atomic mass is 9.90. The minimum Gasteiger partial charge on any atom is -0.496 e. The van der Waals surface area contributed by atoms with E-state index in [1.54, 1.807) is 50.4 Å². The van der Waals surface area contributed by atoms with Gasteiger partial charge in [0.1, 0.15) is 5.75 Å². The third-order valence-electron chi connectivity index (χ3n) is 7.36. The second-order valence-electron chi connectivity index (χ2n) is 11.6.